The second-order valence-electron chi connectivity index (χ2n) is 8.29. The van der Waals surface area contributed by atoms with Crippen molar-refractivity contribution < 1.29 is 17.6 Å². The van der Waals surface area contributed by atoms with Crippen molar-refractivity contribution in [1.82, 2.24) is 0 Å². The van der Waals surface area contributed by atoms with E-state index in [2.05, 4.69) is 0 Å². The van der Waals surface area contributed by atoms with E-state index in [-0.39, 0.29) is 16.9 Å². The molecule has 0 radical (unpaired) electrons. The molecule has 0 spiro atoms. The number of hydrogen-bond donors (Lipinski definition) is 0. The van der Waals surface area contributed by atoms with Gasteiger partial charge in [-0.3, -0.25) is 0 Å². The Kier molecular flexibility index (Phi) is 5.99. The van der Waals surface area contributed by atoms with Crippen molar-refractivity contribution in [2.75, 3.05) is 0 Å². The van der Waals surface area contributed by atoms with Gasteiger partial charge in [0.25, 0.3) is 0 Å². The summed E-state index contributed by atoms with van der Waals surface area (Å²) in [6.07, 6.45) is 1.47. The van der Waals surface area contributed by atoms with Crippen LogP contribution < -0.4 is 5.19 Å². The van der Waals surface area contributed by atoms with Crippen LogP contribution in [0.5, 0.6) is 0 Å². The van der Waals surface area contributed by atoms with Gasteiger partial charge in [-0.2, -0.15) is 0 Å². The van der Waals surface area contributed by atoms with Crippen LogP contribution in [0.2, 0.25) is 19.6 Å². The first-order chi connectivity index (χ1) is 13.6. The summed E-state index contributed by atoms with van der Waals surface area (Å²) in [6, 6.07) is 12.0. The van der Waals surface area contributed by atoms with Crippen LogP contribution in [0, 0.1) is 23.3 Å². The lowest BCUT2D eigenvalue weighted by atomic mass is 9.97. The monoisotopic (exact) mass is 416 g/mol. The summed E-state index contributed by atoms with van der Waals surface area (Å²) in [5, 5.41) is 0.374. The van der Waals surface area contributed by atoms with E-state index in [0.29, 0.717) is 28.3 Å². The fraction of sp³-hybridized carbons (Fsp3) is 0.250. The van der Waals surface area contributed by atoms with Gasteiger partial charge in [0.2, 0.25) is 0 Å². The fourth-order valence-corrected chi connectivity index (χ4v) is 4.80. The highest BCUT2D eigenvalue weighted by Crippen LogP contribution is 2.31. The zero-order valence-corrected chi connectivity index (χ0v) is 18.0. The maximum Gasteiger partial charge on any atom is 0.166 e. The fourth-order valence-electron chi connectivity index (χ4n) is 3.45. The Labute approximate surface area is 170 Å². The SMILES string of the molecule is CCCc1ccc(-c2ccc(-c3ccc([Si](C)(C)C)c(F)c3F)c(F)c2)cc1F. The predicted octanol–water partition coefficient (Wildman–Crippen LogP) is 7.07. The van der Waals surface area contributed by atoms with Crippen molar-refractivity contribution in [3.05, 3.63) is 77.4 Å². The van der Waals surface area contributed by atoms with Gasteiger partial charge in [-0.25, -0.2) is 17.6 Å². The van der Waals surface area contributed by atoms with Crippen LogP contribution >= 0.6 is 0 Å². The summed E-state index contributed by atoms with van der Waals surface area (Å²) in [4.78, 5) is 0. The normalized spacial score (nSPS) is 11.7. The highest BCUT2D eigenvalue weighted by Gasteiger charge is 2.25. The molecule has 0 bridgehead atoms. The molecule has 3 aromatic carbocycles. The van der Waals surface area contributed by atoms with Crippen molar-refractivity contribution in [3.8, 4) is 22.3 Å². The van der Waals surface area contributed by atoms with Crippen LogP contribution in [-0.4, -0.2) is 8.07 Å². The van der Waals surface area contributed by atoms with Crippen LogP contribution in [0.4, 0.5) is 17.6 Å². The number of benzene rings is 3. The molecule has 152 valence electrons. The van der Waals surface area contributed by atoms with Crippen LogP contribution in [0.1, 0.15) is 18.9 Å². The highest BCUT2D eigenvalue weighted by molar-refractivity contribution is 6.88. The Morgan fingerprint density at radius 3 is 1.83 bits per heavy atom. The summed E-state index contributed by atoms with van der Waals surface area (Å²) in [5.41, 5.74) is 1.50. The summed E-state index contributed by atoms with van der Waals surface area (Å²) < 4.78 is 58.3. The molecule has 0 saturated carbocycles. The van der Waals surface area contributed by atoms with Gasteiger partial charge in [-0.1, -0.05) is 69.4 Å². The largest absolute Gasteiger partial charge is 0.207 e. The van der Waals surface area contributed by atoms with Crippen molar-refractivity contribution in [1.29, 1.82) is 0 Å². The van der Waals surface area contributed by atoms with E-state index < -0.39 is 25.5 Å². The molecule has 0 amide bonds. The van der Waals surface area contributed by atoms with Crippen LogP contribution in [0.3, 0.4) is 0 Å². The molecule has 29 heavy (non-hydrogen) atoms. The van der Waals surface area contributed by atoms with Gasteiger partial charge in [0.05, 0.1) is 8.07 Å². The quantitative estimate of drug-likeness (QED) is 0.308. The molecule has 0 N–H and O–H groups in total. The Morgan fingerprint density at radius 1 is 0.690 bits per heavy atom. The molecule has 0 fully saturated rings. The third kappa shape index (κ3) is 4.30. The molecule has 0 aliphatic carbocycles. The zero-order chi connectivity index (χ0) is 21.3. The van der Waals surface area contributed by atoms with E-state index >= 15 is 0 Å². The topological polar surface area (TPSA) is 0 Å². The standard InChI is InChI=1S/C24H24F4Si/c1-5-6-15-7-8-16(13-20(15)25)17-9-10-18(21(26)14-17)19-11-12-22(29(2,3)4)24(28)23(19)27/h7-14H,5-6H2,1-4H3. The first-order valence-corrected chi connectivity index (χ1v) is 13.2. The Morgan fingerprint density at radius 2 is 1.28 bits per heavy atom. The molecule has 0 aromatic heterocycles. The van der Waals surface area contributed by atoms with Gasteiger partial charge in [0, 0.05) is 11.1 Å². The van der Waals surface area contributed by atoms with E-state index in [1.165, 1.54) is 24.3 Å². The number of halogens is 4. The molecule has 3 rings (SSSR count). The lowest BCUT2D eigenvalue weighted by Crippen LogP contribution is -2.40. The molecule has 0 saturated heterocycles. The average molecular weight is 417 g/mol. The number of rotatable bonds is 5. The molecule has 0 nitrogen and oxygen atoms in total. The van der Waals surface area contributed by atoms with Crippen molar-refractivity contribution in [2.24, 2.45) is 0 Å². The van der Waals surface area contributed by atoms with E-state index in [9.17, 15) is 17.6 Å². The molecular formula is C24H24F4Si. The summed E-state index contributed by atoms with van der Waals surface area (Å²) >= 11 is 0. The van der Waals surface area contributed by atoms with E-state index in [1.807, 2.05) is 26.6 Å². The molecule has 0 heterocycles. The Hall–Kier alpha value is -2.40. The average Bonchev–Trinajstić information content (AvgIpc) is 2.65. The van der Waals surface area contributed by atoms with E-state index in [1.54, 1.807) is 24.3 Å². The molecule has 5 heteroatoms. The minimum absolute atomic E-state index is 0.0182. The maximum absolute atomic E-state index is 14.8. The van der Waals surface area contributed by atoms with Gasteiger partial charge < -0.3 is 0 Å². The molecular weight excluding hydrogens is 392 g/mol. The Bertz CT molecular complexity index is 1050. The first-order valence-electron chi connectivity index (χ1n) is 9.70. The third-order valence-corrected chi connectivity index (χ3v) is 7.06. The molecule has 0 atom stereocenters. The lowest BCUT2D eigenvalue weighted by Gasteiger charge is -2.19. The second-order valence-corrected chi connectivity index (χ2v) is 13.3. The highest BCUT2D eigenvalue weighted by atomic mass is 28.3. The second kappa shape index (κ2) is 8.15. The molecule has 0 aliphatic heterocycles. The number of hydrogen-bond acceptors (Lipinski definition) is 0. The van der Waals surface area contributed by atoms with Gasteiger partial charge in [-0.15, -0.1) is 0 Å². The minimum atomic E-state index is -2.06. The van der Waals surface area contributed by atoms with E-state index in [4.69, 9.17) is 0 Å². The predicted molar refractivity (Wildman–Crippen MR) is 114 cm³/mol. The molecule has 0 aliphatic rings. The minimum Gasteiger partial charge on any atom is -0.207 e. The zero-order valence-electron chi connectivity index (χ0n) is 17.0. The van der Waals surface area contributed by atoms with Crippen molar-refractivity contribution >= 4 is 13.3 Å². The smallest absolute Gasteiger partial charge is 0.166 e. The number of aryl methyl sites for hydroxylation is 1. The van der Waals surface area contributed by atoms with Gasteiger partial charge in [-0.05, 0) is 40.4 Å². The molecule has 3 aromatic rings. The summed E-state index contributed by atoms with van der Waals surface area (Å²) in [7, 11) is -2.06. The van der Waals surface area contributed by atoms with Crippen LogP contribution in [-0.2, 0) is 6.42 Å². The van der Waals surface area contributed by atoms with Crippen molar-refractivity contribution in [2.45, 2.75) is 39.4 Å². The Balaban J connectivity index is 2.01. The molecule has 0 unspecified atom stereocenters. The maximum atomic E-state index is 14.8. The third-order valence-electron chi connectivity index (χ3n) is 5.06. The van der Waals surface area contributed by atoms with Gasteiger partial charge >= 0.3 is 0 Å². The van der Waals surface area contributed by atoms with Crippen molar-refractivity contribution in [3.63, 3.8) is 0 Å². The van der Waals surface area contributed by atoms with E-state index in [0.717, 1.165) is 6.42 Å². The first kappa shape index (κ1) is 21.3. The lowest BCUT2D eigenvalue weighted by molar-refractivity contribution is 0.515. The van der Waals surface area contributed by atoms with Crippen LogP contribution in [0.25, 0.3) is 22.3 Å². The van der Waals surface area contributed by atoms with Gasteiger partial charge in [0.1, 0.15) is 11.6 Å². The van der Waals surface area contributed by atoms with Gasteiger partial charge in [0.15, 0.2) is 11.6 Å². The summed E-state index contributed by atoms with van der Waals surface area (Å²) in [5.74, 6) is -2.95. The summed E-state index contributed by atoms with van der Waals surface area (Å²) in [6.45, 7) is 7.74. The van der Waals surface area contributed by atoms with Crippen LogP contribution in [0.15, 0.2) is 48.5 Å².